The SMILES string of the molecule is CCCOC(=O)C1=C(C)NC2=C(C(=O)[C@H](C(=O)OC)[C@@H](C)C2)[C@H]1c1ccc(O)c(OC)c1. The van der Waals surface area contributed by atoms with Crippen molar-refractivity contribution in [1.29, 1.82) is 0 Å². The summed E-state index contributed by atoms with van der Waals surface area (Å²) in [6.07, 6.45) is 1.10. The van der Waals surface area contributed by atoms with Crippen molar-refractivity contribution in [3.05, 3.63) is 46.3 Å². The lowest BCUT2D eigenvalue weighted by atomic mass is 9.69. The summed E-state index contributed by atoms with van der Waals surface area (Å²) in [6.45, 7) is 5.72. The number of esters is 2. The topological polar surface area (TPSA) is 111 Å². The smallest absolute Gasteiger partial charge is 0.336 e. The van der Waals surface area contributed by atoms with Crippen LogP contribution in [0.1, 0.15) is 45.1 Å². The second-order valence-corrected chi connectivity index (χ2v) is 8.10. The van der Waals surface area contributed by atoms with Gasteiger partial charge in [0.2, 0.25) is 0 Å². The van der Waals surface area contributed by atoms with Gasteiger partial charge in [-0.1, -0.05) is 19.9 Å². The predicted molar refractivity (Wildman–Crippen MR) is 116 cm³/mol. The van der Waals surface area contributed by atoms with Crippen molar-refractivity contribution in [3.63, 3.8) is 0 Å². The standard InChI is InChI=1S/C24H29NO7/c1-6-9-32-24(29)19-13(3)25-15-10-12(2)18(23(28)31-5)22(27)21(15)20(19)14-7-8-16(26)17(11-14)30-4/h7-8,11-12,18,20,25-26H,6,9-10H2,1-5H3/t12-,18+,20-/m0/s1. The number of Topliss-reactive ketones (excluding diaryl/α,β-unsaturated/α-hetero) is 1. The van der Waals surface area contributed by atoms with Crippen molar-refractivity contribution < 1.29 is 33.7 Å². The first-order valence-corrected chi connectivity index (χ1v) is 10.6. The zero-order valence-corrected chi connectivity index (χ0v) is 19.0. The molecule has 3 rings (SSSR count). The Balaban J connectivity index is 2.20. The third-order valence-electron chi connectivity index (χ3n) is 5.94. The average Bonchev–Trinajstić information content (AvgIpc) is 2.76. The minimum absolute atomic E-state index is 0.0637. The van der Waals surface area contributed by atoms with E-state index in [9.17, 15) is 19.5 Å². The van der Waals surface area contributed by atoms with Gasteiger partial charge in [0.25, 0.3) is 0 Å². The van der Waals surface area contributed by atoms with Gasteiger partial charge in [-0.25, -0.2) is 4.79 Å². The van der Waals surface area contributed by atoms with Crippen molar-refractivity contribution in [2.75, 3.05) is 20.8 Å². The number of methoxy groups -OCH3 is 2. The minimum atomic E-state index is -0.964. The fraction of sp³-hybridized carbons (Fsp3) is 0.458. The molecule has 2 N–H and O–H groups in total. The van der Waals surface area contributed by atoms with E-state index in [0.29, 0.717) is 35.4 Å². The molecule has 0 saturated carbocycles. The number of ketones is 1. The van der Waals surface area contributed by atoms with Gasteiger partial charge in [0.1, 0.15) is 5.92 Å². The summed E-state index contributed by atoms with van der Waals surface area (Å²) in [5, 5.41) is 13.3. The van der Waals surface area contributed by atoms with Gasteiger partial charge in [0.05, 0.1) is 26.4 Å². The molecule has 0 radical (unpaired) electrons. The van der Waals surface area contributed by atoms with E-state index in [-0.39, 0.29) is 35.4 Å². The zero-order valence-electron chi connectivity index (χ0n) is 19.0. The van der Waals surface area contributed by atoms with Crippen LogP contribution in [0.4, 0.5) is 0 Å². The summed E-state index contributed by atoms with van der Waals surface area (Å²) in [6, 6.07) is 4.68. The summed E-state index contributed by atoms with van der Waals surface area (Å²) in [7, 11) is 2.68. The predicted octanol–water partition coefficient (Wildman–Crippen LogP) is 2.97. The lowest BCUT2D eigenvalue weighted by Crippen LogP contribution is -2.43. The van der Waals surface area contributed by atoms with Gasteiger partial charge in [-0.2, -0.15) is 0 Å². The summed E-state index contributed by atoms with van der Waals surface area (Å²) < 4.78 is 15.6. The number of carbonyl (C=O) groups excluding carboxylic acids is 3. The first-order valence-electron chi connectivity index (χ1n) is 10.6. The Bertz CT molecular complexity index is 1010. The van der Waals surface area contributed by atoms with Crippen molar-refractivity contribution in [3.8, 4) is 11.5 Å². The van der Waals surface area contributed by atoms with Crippen LogP contribution in [0.25, 0.3) is 0 Å². The molecule has 0 fully saturated rings. The van der Waals surface area contributed by atoms with Gasteiger partial charge in [0, 0.05) is 22.9 Å². The van der Waals surface area contributed by atoms with Crippen LogP contribution < -0.4 is 10.1 Å². The van der Waals surface area contributed by atoms with Crippen LogP contribution in [0, 0.1) is 11.8 Å². The molecular formula is C24H29NO7. The van der Waals surface area contributed by atoms with Crippen LogP contribution in [-0.2, 0) is 23.9 Å². The lowest BCUT2D eigenvalue weighted by Gasteiger charge is -2.38. The summed E-state index contributed by atoms with van der Waals surface area (Å²) >= 11 is 0. The van der Waals surface area contributed by atoms with Crippen LogP contribution in [0.2, 0.25) is 0 Å². The molecule has 0 unspecified atom stereocenters. The molecule has 8 nitrogen and oxygen atoms in total. The van der Waals surface area contributed by atoms with E-state index < -0.39 is 23.8 Å². The van der Waals surface area contributed by atoms with E-state index in [1.54, 1.807) is 19.1 Å². The maximum absolute atomic E-state index is 13.6. The van der Waals surface area contributed by atoms with Gasteiger partial charge < -0.3 is 24.6 Å². The molecular weight excluding hydrogens is 414 g/mol. The molecule has 0 bridgehead atoms. The maximum Gasteiger partial charge on any atom is 0.336 e. The highest BCUT2D eigenvalue weighted by Gasteiger charge is 2.47. The minimum Gasteiger partial charge on any atom is -0.504 e. The Morgan fingerprint density at radius 1 is 1.25 bits per heavy atom. The van der Waals surface area contributed by atoms with E-state index in [1.165, 1.54) is 20.3 Å². The Morgan fingerprint density at radius 3 is 2.59 bits per heavy atom. The van der Waals surface area contributed by atoms with Crippen LogP contribution in [-0.4, -0.2) is 43.7 Å². The first kappa shape index (κ1) is 23.4. The fourth-order valence-electron chi connectivity index (χ4n) is 4.43. The number of benzene rings is 1. The van der Waals surface area contributed by atoms with E-state index in [2.05, 4.69) is 5.32 Å². The molecule has 0 spiro atoms. The highest BCUT2D eigenvalue weighted by Crippen LogP contribution is 2.46. The average molecular weight is 443 g/mol. The van der Waals surface area contributed by atoms with Crippen LogP contribution in [0.3, 0.4) is 0 Å². The molecule has 1 heterocycles. The number of carbonyl (C=O) groups is 3. The van der Waals surface area contributed by atoms with Crippen LogP contribution >= 0.6 is 0 Å². The Hall–Kier alpha value is -3.29. The molecule has 0 amide bonds. The number of allylic oxidation sites excluding steroid dienone is 3. The molecule has 0 aromatic heterocycles. The molecule has 0 saturated heterocycles. The molecule has 32 heavy (non-hydrogen) atoms. The molecule has 3 atom stereocenters. The molecule has 1 aromatic carbocycles. The van der Waals surface area contributed by atoms with Gasteiger partial charge >= 0.3 is 11.9 Å². The van der Waals surface area contributed by atoms with Crippen LogP contribution in [0.5, 0.6) is 11.5 Å². The Labute approximate surface area is 187 Å². The fourth-order valence-corrected chi connectivity index (χ4v) is 4.43. The third-order valence-corrected chi connectivity index (χ3v) is 5.94. The number of aromatic hydroxyl groups is 1. The Morgan fingerprint density at radius 2 is 1.97 bits per heavy atom. The van der Waals surface area contributed by atoms with Crippen LogP contribution in [0.15, 0.2) is 40.7 Å². The third kappa shape index (κ3) is 4.09. The normalized spacial score (nSPS) is 22.8. The molecule has 8 heteroatoms. The molecule has 1 aliphatic carbocycles. The number of hydrogen-bond donors (Lipinski definition) is 2. The van der Waals surface area contributed by atoms with Gasteiger partial charge in [-0.3, -0.25) is 9.59 Å². The number of nitrogens with one attached hydrogen (secondary N) is 1. The lowest BCUT2D eigenvalue weighted by molar-refractivity contribution is -0.151. The maximum atomic E-state index is 13.6. The summed E-state index contributed by atoms with van der Waals surface area (Å²) in [5.41, 5.74) is 2.45. The summed E-state index contributed by atoms with van der Waals surface area (Å²) in [4.78, 5) is 39.1. The first-order chi connectivity index (χ1) is 15.2. The van der Waals surface area contributed by atoms with Crippen molar-refractivity contribution in [1.82, 2.24) is 5.32 Å². The number of phenolic OH excluding ortho intramolecular Hbond substituents is 1. The van der Waals surface area contributed by atoms with Crippen molar-refractivity contribution in [2.24, 2.45) is 11.8 Å². The highest BCUT2D eigenvalue weighted by molar-refractivity contribution is 6.12. The van der Waals surface area contributed by atoms with Gasteiger partial charge in [-0.15, -0.1) is 0 Å². The largest absolute Gasteiger partial charge is 0.504 e. The van der Waals surface area contributed by atoms with E-state index in [4.69, 9.17) is 14.2 Å². The molecule has 1 aliphatic heterocycles. The molecule has 172 valence electrons. The molecule has 1 aromatic rings. The molecule has 2 aliphatic rings. The number of dihydropyridines is 1. The number of hydrogen-bond acceptors (Lipinski definition) is 8. The number of rotatable bonds is 6. The van der Waals surface area contributed by atoms with Crippen molar-refractivity contribution in [2.45, 2.75) is 39.5 Å². The Kier molecular flexibility index (Phi) is 6.91. The van der Waals surface area contributed by atoms with E-state index in [0.717, 1.165) is 0 Å². The van der Waals surface area contributed by atoms with E-state index >= 15 is 0 Å². The monoisotopic (exact) mass is 443 g/mol. The second kappa shape index (κ2) is 9.46. The second-order valence-electron chi connectivity index (χ2n) is 8.10. The quantitative estimate of drug-likeness (QED) is 0.510. The number of ether oxygens (including phenoxy) is 3. The van der Waals surface area contributed by atoms with Crippen molar-refractivity contribution >= 4 is 17.7 Å². The van der Waals surface area contributed by atoms with Gasteiger partial charge in [0.15, 0.2) is 17.3 Å². The van der Waals surface area contributed by atoms with E-state index in [1.807, 2.05) is 13.8 Å². The summed E-state index contributed by atoms with van der Waals surface area (Å²) in [5.74, 6) is -3.39. The number of phenols is 1. The van der Waals surface area contributed by atoms with Gasteiger partial charge in [-0.05, 0) is 43.4 Å². The zero-order chi connectivity index (χ0) is 23.6. The highest BCUT2D eigenvalue weighted by atomic mass is 16.5.